The fraction of sp³-hybridized carbons (Fsp3) is 0.545. The van der Waals surface area contributed by atoms with E-state index in [0.717, 1.165) is 5.56 Å². The Bertz CT molecular complexity index is 743. The Hall–Kier alpha value is -3.10. The fourth-order valence-electron chi connectivity index (χ4n) is 2.49. The zero-order chi connectivity index (χ0) is 23.4. The number of benzene rings is 1. The van der Waals surface area contributed by atoms with Crippen LogP contribution in [0.15, 0.2) is 30.3 Å². The van der Waals surface area contributed by atoms with Gasteiger partial charge in [-0.3, -0.25) is 14.4 Å². The molecule has 1 rings (SSSR count). The normalized spacial score (nSPS) is 11.9. The highest BCUT2D eigenvalue weighted by molar-refractivity contribution is 5.90. The molecule has 0 bridgehead atoms. The predicted octanol–water partition coefficient (Wildman–Crippen LogP) is 1.90. The molecule has 0 aliphatic carbocycles. The number of hydrogen-bond acceptors (Lipinski definition) is 6. The summed E-state index contributed by atoms with van der Waals surface area (Å²) in [4.78, 5) is 48.2. The van der Waals surface area contributed by atoms with Gasteiger partial charge in [-0.2, -0.15) is 0 Å². The Kier molecular flexibility index (Phi) is 10.5. The first-order valence-electron chi connectivity index (χ1n) is 10.2. The Morgan fingerprint density at radius 2 is 1.61 bits per heavy atom. The van der Waals surface area contributed by atoms with Crippen LogP contribution in [0.25, 0.3) is 0 Å². The minimum absolute atomic E-state index is 0.109. The molecule has 0 aromatic heterocycles. The van der Waals surface area contributed by atoms with E-state index >= 15 is 0 Å². The van der Waals surface area contributed by atoms with Gasteiger partial charge in [0.15, 0.2) is 0 Å². The van der Waals surface area contributed by atoms with Gasteiger partial charge in [0.05, 0.1) is 0 Å². The van der Waals surface area contributed by atoms with E-state index in [-0.39, 0.29) is 25.6 Å². The van der Waals surface area contributed by atoms with Crippen molar-refractivity contribution in [3.05, 3.63) is 35.9 Å². The third-order valence-corrected chi connectivity index (χ3v) is 3.80. The summed E-state index contributed by atoms with van der Waals surface area (Å²) < 4.78 is 10.2. The molecule has 3 amide bonds. The van der Waals surface area contributed by atoms with Gasteiger partial charge < -0.3 is 25.4 Å². The van der Waals surface area contributed by atoms with Crippen LogP contribution in [0.3, 0.4) is 0 Å². The van der Waals surface area contributed by atoms with Crippen molar-refractivity contribution in [2.24, 2.45) is 5.92 Å². The maximum atomic E-state index is 12.5. The second-order valence-electron chi connectivity index (χ2n) is 8.47. The number of esters is 1. The fourth-order valence-corrected chi connectivity index (χ4v) is 2.49. The van der Waals surface area contributed by atoms with E-state index in [1.807, 2.05) is 44.2 Å². The number of ether oxygens (including phenoxy) is 2. The van der Waals surface area contributed by atoms with Crippen LogP contribution in [0.4, 0.5) is 4.79 Å². The van der Waals surface area contributed by atoms with Crippen LogP contribution in [0.2, 0.25) is 0 Å². The van der Waals surface area contributed by atoms with E-state index in [1.165, 1.54) is 0 Å². The highest BCUT2D eigenvalue weighted by Gasteiger charge is 2.23. The van der Waals surface area contributed by atoms with Crippen molar-refractivity contribution < 1.29 is 28.7 Å². The van der Waals surface area contributed by atoms with Crippen molar-refractivity contribution in [2.75, 3.05) is 13.1 Å². The van der Waals surface area contributed by atoms with Gasteiger partial charge in [-0.05, 0) is 38.7 Å². The summed E-state index contributed by atoms with van der Waals surface area (Å²) in [6, 6.07) is 8.33. The average molecular weight is 436 g/mol. The van der Waals surface area contributed by atoms with Gasteiger partial charge in [0.25, 0.3) is 0 Å². The standard InChI is InChI=1S/C22H33N3O6/c1-15(2)11-17(25-18(26)12-24-21(29)31-22(3,4)5)20(28)23-13-19(27)30-14-16-9-7-6-8-10-16/h6-10,15,17H,11-14H2,1-5H3,(H,23,28)(H,24,29)(H,25,26)/t17-/m1/s1. The van der Waals surface area contributed by atoms with Crippen LogP contribution in [-0.2, 0) is 30.5 Å². The molecule has 9 heteroatoms. The van der Waals surface area contributed by atoms with Crippen LogP contribution < -0.4 is 16.0 Å². The van der Waals surface area contributed by atoms with E-state index in [0.29, 0.717) is 6.42 Å². The van der Waals surface area contributed by atoms with Gasteiger partial charge in [0.1, 0.15) is 31.3 Å². The molecule has 0 radical (unpaired) electrons. The molecule has 172 valence electrons. The summed E-state index contributed by atoms with van der Waals surface area (Å²) in [6.07, 6.45) is -0.364. The molecule has 9 nitrogen and oxygen atoms in total. The smallest absolute Gasteiger partial charge is 0.408 e. The van der Waals surface area contributed by atoms with Crippen molar-refractivity contribution in [2.45, 2.75) is 59.3 Å². The Morgan fingerprint density at radius 1 is 0.968 bits per heavy atom. The minimum Gasteiger partial charge on any atom is -0.460 e. The van der Waals surface area contributed by atoms with Crippen molar-refractivity contribution in [1.82, 2.24) is 16.0 Å². The first-order chi connectivity index (χ1) is 14.5. The summed E-state index contributed by atoms with van der Waals surface area (Å²) in [7, 11) is 0. The Balaban J connectivity index is 2.47. The number of carbonyl (C=O) groups excluding carboxylic acids is 4. The number of carbonyl (C=O) groups is 4. The lowest BCUT2D eigenvalue weighted by Gasteiger charge is -2.21. The highest BCUT2D eigenvalue weighted by Crippen LogP contribution is 2.07. The molecular weight excluding hydrogens is 402 g/mol. The second kappa shape index (κ2) is 12.6. The summed E-state index contributed by atoms with van der Waals surface area (Å²) in [5.41, 5.74) is 0.153. The lowest BCUT2D eigenvalue weighted by atomic mass is 10.0. The highest BCUT2D eigenvalue weighted by atomic mass is 16.6. The van der Waals surface area contributed by atoms with E-state index < -0.39 is 35.5 Å². The van der Waals surface area contributed by atoms with Gasteiger partial charge in [-0.25, -0.2) is 4.79 Å². The van der Waals surface area contributed by atoms with Crippen molar-refractivity contribution in [3.63, 3.8) is 0 Å². The molecule has 3 N–H and O–H groups in total. The summed E-state index contributed by atoms with van der Waals surface area (Å²) in [6.45, 7) is 8.39. The first kappa shape index (κ1) is 25.9. The van der Waals surface area contributed by atoms with Crippen molar-refractivity contribution in [1.29, 1.82) is 0 Å². The third kappa shape index (κ3) is 12.2. The Morgan fingerprint density at radius 3 is 2.19 bits per heavy atom. The molecule has 1 aromatic carbocycles. The predicted molar refractivity (Wildman–Crippen MR) is 115 cm³/mol. The number of nitrogens with one attached hydrogen (secondary N) is 3. The molecule has 1 atom stereocenters. The molecular formula is C22H33N3O6. The lowest BCUT2D eigenvalue weighted by molar-refractivity contribution is -0.145. The first-order valence-corrected chi connectivity index (χ1v) is 10.2. The largest absolute Gasteiger partial charge is 0.460 e. The Labute approximate surface area is 183 Å². The maximum absolute atomic E-state index is 12.5. The van der Waals surface area contributed by atoms with Crippen LogP contribution in [0.1, 0.15) is 46.6 Å². The van der Waals surface area contributed by atoms with Crippen LogP contribution in [-0.4, -0.2) is 48.6 Å². The van der Waals surface area contributed by atoms with Gasteiger partial charge in [0.2, 0.25) is 11.8 Å². The van der Waals surface area contributed by atoms with E-state index in [4.69, 9.17) is 9.47 Å². The van der Waals surface area contributed by atoms with E-state index in [1.54, 1.807) is 20.8 Å². The third-order valence-electron chi connectivity index (χ3n) is 3.80. The number of alkyl carbamates (subject to hydrolysis) is 1. The van der Waals surface area contributed by atoms with Crippen LogP contribution in [0, 0.1) is 5.92 Å². The molecule has 0 unspecified atom stereocenters. The zero-order valence-electron chi connectivity index (χ0n) is 18.8. The summed E-state index contributed by atoms with van der Waals surface area (Å²) in [5.74, 6) is -1.52. The molecule has 1 aromatic rings. The molecule has 0 saturated carbocycles. The average Bonchev–Trinajstić information content (AvgIpc) is 2.67. The summed E-state index contributed by atoms with van der Waals surface area (Å²) >= 11 is 0. The van der Waals surface area contributed by atoms with Crippen LogP contribution >= 0.6 is 0 Å². The van der Waals surface area contributed by atoms with Gasteiger partial charge >= 0.3 is 12.1 Å². The molecule has 31 heavy (non-hydrogen) atoms. The zero-order valence-corrected chi connectivity index (χ0v) is 18.8. The SMILES string of the molecule is CC(C)C[C@@H](NC(=O)CNC(=O)OC(C)(C)C)C(=O)NCC(=O)OCc1ccccc1. The quantitative estimate of drug-likeness (QED) is 0.483. The van der Waals surface area contributed by atoms with E-state index in [9.17, 15) is 19.2 Å². The number of hydrogen-bond donors (Lipinski definition) is 3. The monoisotopic (exact) mass is 435 g/mol. The lowest BCUT2D eigenvalue weighted by Crippen LogP contribution is -2.51. The van der Waals surface area contributed by atoms with Gasteiger partial charge in [-0.15, -0.1) is 0 Å². The molecule has 0 aliphatic heterocycles. The second-order valence-corrected chi connectivity index (χ2v) is 8.47. The van der Waals surface area contributed by atoms with E-state index in [2.05, 4.69) is 16.0 Å². The maximum Gasteiger partial charge on any atom is 0.408 e. The van der Waals surface area contributed by atoms with Crippen LogP contribution in [0.5, 0.6) is 0 Å². The van der Waals surface area contributed by atoms with Gasteiger partial charge in [0, 0.05) is 0 Å². The van der Waals surface area contributed by atoms with Gasteiger partial charge in [-0.1, -0.05) is 44.2 Å². The van der Waals surface area contributed by atoms with Crippen molar-refractivity contribution in [3.8, 4) is 0 Å². The summed E-state index contributed by atoms with van der Waals surface area (Å²) in [5, 5.41) is 7.40. The number of amides is 3. The molecule has 0 saturated heterocycles. The minimum atomic E-state index is -0.852. The molecule has 0 aliphatic rings. The van der Waals surface area contributed by atoms with Crippen molar-refractivity contribution >= 4 is 23.9 Å². The molecule has 0 spiro atoms. The molecule has 0 fully saturated rings. The molecule has 0 heterocycles. The topological polar surface area (TPSA) is 123 Å². The number of rotatable bonds is 10.